The van der Waals surface area contributed by atoms with E-state index in [9.17, 15) is 9.90 Å². The molecule has 5 aromatic rings. The smallest absolute Gasteiger partial charge is 0.307 e. The fourth-order valence-electron chi connectivity index (χ4n) is 3.95. The molecule has 0 aliphatic rings. The number of nitrogens with zero attached hydrogens (tertiary/aromatic N) is 4. The van der Waals surface area contributed by atoms with Gasteiger partial charge in [0.25, 0.3) is 0 Å². The van der Waals surface area contributed by atoms with Gasteiger partial charge in [-0.1, -0.05) is 23.7 Å². The molecule has 0 saturated heterocycles. The van der Waals surface area contributed by atoms with E-state index in [2.05, 4.69) is 5.10 Å². The molecule has 0 aliphatic heterocycles. The molecule has 160 valence electrons. The van der Waals surface area contributed by atoms with Gasteiger partial charge in [-0.3, -0.25) is 9.48 Å². The van der Waals surface area contributed by atoms with E-state index in [1.54, 1.807) is 0 Å². The van der Waals surface area contributed by atoms with Gasteiger partial charge in [-0.25, -0.2) is 9.97 Å². The number of aliphatic carboxylic acids is 1. The van der Waals surface area contributed by atoms with Crippen LogP contribution in [0.25, 0.3) is 43.1 Å². The summed E-state index contributed by atoms with van der Waals surface area (Å²) in [6.07, 6.45) is -0.0634. The Hall–Kier alpha value is -3.29. The average molecular weight is 463 g/mol. The number of hydrogen-bond donors (Lipinski definition) is 1. The zero-order valence-electron chi connectivity index (χ0n) is 17.7. The number of halogens is 1. The number of fused-ring (bicyclic) bond motifs is 2. The molecule has 3 heterocycles. The molecule has 3 aromatic heterocycles. The molecule has 8 heteroatoms. The number of aryl methyl sites for hydroxylation is 3. The van der Waals surface area contributed by atoms with E-state index in [0.29, 0.717) is 5.02 Å². The Morgan fingerprint density at radius 2 is 1.84 bits per heavy atom. The highest BCUT2D eigenvalue weighted by Gasteiger charge is 2.20. The van der Waals surface area contributed by atoms with Crippen LogP contribution in [-0.4, -0.2) is 30.8 Å². The van der Waals surface area contributed by atoms with E-state index >= 15 is 0 Å². The third kappa shape index (κ3) is 3.43. The molecule has 0 saturated carbocycles. The second-order valence-corrected chi connectivity index (χ2v) is 9.20. The number of thiazole rings is 1. The number of carboxylic acid groups (broad SMARTS) is 1. The largest absolute Gasteiger partial charge is 0.481 e. The van der Waals surface area contributed by atoms with Gasteiger partial charge < -0.3 is 5.11 Å². The third-order valence-electron chi connectivity index (χ3n) is 5.65. The van der Waals surface area contributed by atoms with Crippen molar-refractivity contribution in [2.75, 3.05) is 0 Å². The molecule has 32 heavy (non-hydrogen) atoms. The SMILES string of the molecule is Cc1cc2nc(-c3ccc4nn(C)c(C)c4n3)sc2c(-c2ccc(Cl)cc2)c1CC(=O)O. The lowest BCUT2D eigenvalue weighted by molar-refractivity contribution is -0.136. The molecule has 2 aromatic carbocycles. The van der Waals surface area contributed by atoms with E-state index in [-0.39, 0.29) is 6.42 Å². The van der Waals surface area contributed by atoms with Gasteiger partial charge in [-0.05, 0) is 60.9 Å². The molecule has 0 radical (unpaired) electrons. The molecule has 0 amide bonds. The molecule has 0 unspecified atom stereocenters. The summed E-state index contributed by atoms with van der Waals surface area (Å²) >= 11 is 7.62. The third-order valence-corrected chi connectivity index (χ3v) is 7.01. The minimum atomic E-state index is -0.869. The highest BCUT2D eigenvalue weighted by Crippen LogP contribution is 2.41. The summed E-state index contributed by atoms with van der Waals surface area (Å²) in [5.74, 6) is -0.869. The van der Waals surface area contributed by atoms with Crippen LogP contribution in [0.3, 0.4) is 0 Å². The average Bonchev–Trinajstić information content (AvgIpc) is 3.29. The Bertz CT molecular complexity index is 1520. The Morgan fingerprint density at radius 1 is 1.09 bits per heavy atom. The molecular formula is C24H19ClN4O2S. The van der Waals surface area contributed by atoms with Crippen LogP contribution in [0.4, 0.5) is 0 Å². The van der Waals surface area contributed by atoms with Crippen molar-refractivity contribution in [1.82, 2.24) is 19.7 Å². The van der Waals surface area contributed by atoms with Gasteiger partial charge >= 0.3 is 5.97 Å². The lowest BCUT2D eigenvalue weighted by atomic mass is 9.93. The summed E-state index contributed by atoms with van der Waals surface area (Å²) in [4.78, 5) is 21.3. The maximum atomic E-state index is 11.6. The van der Waals surface area contributed by atoms with Crippen LogP contribution in [0.5, 0.6) is 0 Å². The Kier molecular flexibility index (Phi) is 4.95. The zero-order chi connectivity index (χ0) is 22.6. The van der Waals surface area contributed by atoms with E-state index in [1.807, 2.05) is 68.0 Å². The minimum Gasteiger partial charge on any atom is -0.481 e. The lowest BCUT2D eigenvalue weighted by Crippen LogP contribution is -2.04. The first-order valence-electron chi connectivity index (χ1n) is 10.0. The van der Waals surface area contributed by atoms with E-state index in [1.165, 1.54) is 11.3 Å². The molecule has 0 aliphatic carbocycles. The standard InChI is InChI=1S/C24H19ClN4O2S/c1-12-10-19-23(21(16(12)11-20(30)31)14-4-6-15(25)7-5-14)32-24(27-19)18-9-8-17-22(26-18)13(2)29(3)28-17/h4-10H,11H2,1-3H3,(H,30,31). The van der Waals surface area contributed by atoms with Crippen LogP contribution in [-0.2, 0) is 18.3 Å². The molecule has 0 fully saturated rings. The predicted molar refractivity (Wildman–Crippen MR) is 128 cm³/mol. The molecule has 5 rings (SSSR count). The number of rotatable bonds is 4. The van der Waals surface area contributed by atoms with Crippen molar-refractivity contribution in [2.45, 2.75) is 20.3 Å². The Morgan fingerprint density at radius 3 is 2.56 bits per heavy atom. The molecular weight excluding hydrogens is 444 g/mol. The molecule has 0 spiro atoms. The first-order chi connectivity index (χ1) is 15.3. The zero-order valence-corrected chi connectivity index (χ0v) is 19.3. The monoisotopic (exact) mass is 462 g/mol. The summed E-state index contributed by atoms with van der Waals surface area (Å²) in [6, 6.07) is 13.3. The van der Waals surface area contributed by atoms with Crippen LogP contribution in [0, 0.1) is 13.8 Å². The number of hydrogen-bond acceptors (Lipinski definition) is 5. The van der Waals surface area contributed by atoms with Gasteiger partial charge in [0.2, 0.25) is 0 Å². The normalized spacial score (nSPS) is 11.5. The maximum absolute atomic E-state index is 11.6. The van der Waals surface area contributed by atoms with Crippen LogP contribution in [0.2, 0.25) is 5.02 Å². The van der Waals surface area contributed by atoms with Gasteiger partial charge in [0.1, 0.15) is 16.0 Å². The van der Waals surface area contributed by atoms with Gasteiger partial charge in [-0.2, -0.15) is 5.10 Å². The number of carbonyl (C=O) groups is 1. The number of pyridine rings is 1. The fourth-order valence-corrected chi connectivity index (χ4v) is 5.19. The number of aromatic nitrogens is 4. The highest BCUT2D eigenvalue weighted by molar-refractivity contribution is 7.22. The summed E-state index contributed by atoms with van der Waals surface area (Å²) in [7, 11) is 1.90. The first kappa shape index (κ1) is 20.6. The molecule has 1 N–H and O–H groups in total. The van der Waals surface area contributed by atoms with Gasteiger partial charge in [0, 0.05) is 17.6 Å². The Balaban J connectivity index is 1.76. The summed E-state index contributed by atoms with van der Waals surface area (Å²) in [5.41, 5.74) is 7.77. The van der Waals surface area contributed by atoms with Crippen molar-refractivity contribution in [3.05, 3.63) is 64.3 Å². The van der Waals surface area contributed by atoms with E-state index in [0.717, 1.165) is 59.9 Å². The van der Waals surface area contributed by atoms with Crippen molar-refractivity contribution in [1.29, 1.82) is 0 Å². The van der Waals surface area contributed by atoms with Crippen molar-refractivity contribution >= 4 is 50.2 Å². The quantitative estimate of drug-likeness (QED) is 0.364. The predicted octanol–water partition coefficient (Wildman–Crippen LogP) is 5.81. The molecule has 0 bridgehead atoms. The second-order valence-electron chi connectivity index (χ2n) is 7.76. The second kappa shape index (κ2) is 7.69. The topological polar surface area (TPSA) is 80.9 Å². The molecule has 0 atom stereocenters. The van der Waals surface area contributed by atoms with Crippen molar-refractivity contribution in [3.63, 3.8) is 0 Å². The maximum Gasteiger partial charge on any atom is 0.307 e. The Labute approximate surface area is 193 Å². The van der Waals surface area contributed by atoms with E-state index in [4.69, 9.17) is 21.6 Å². The highest BCUT2D eigenvalue weighted by atomic mass is 35.5. The van der Waals surface area contributed by atoms with Crippen molar-refractivity contribution in [3.8, 4) is 21.8 Å². The van der Waals surface area contributed by atoms with Crippen molar-refractivity contribution in [2.24, 2.45) is 7.05 Å². The van der Waals surface area contributed by atoms with Crippen LogP contribution in [0.1, 0.15) is 16.8 Å². The number of benzene rings is 2. The lowest BCUT2D eigenvalue weighted by Gasteiger charge is -2.13. The summed E-state index contributed by atoms with van der Waals surface area (Å²) in [5, 5.41) is 15.4. The summed E-state index contributed by atoms with van der Waals surface area (Å²) in [6.45, 7) is 3.92. The summed E-state index contributed by atoms with van der Waals surface area (Å²) < 4.78 is 2.76. The van der Waals surface area contributed by atoms with Gasteiger partial charge in [0.05, 0.1) is 28.0 Å². The first-order valence-corrected chi connectivity index (χ1v) is 11.2. The minimum absolute atomic E-state index is 0.0634. The van der Waals surface area contributed by atoms with Crippen LogP contribution >= 0.6 is 22.9 Å². The van der Waals surface area contributed by atoms with Crippen LogP contribution in [0.15, 0.2) is 42.5 Å². The van der Waals surface area contributed by atoms with Gasteiger partial charge in [-0.15, -0.1) is 11.3 Å². The van der Waals surface area contributed by atoms with Gasteiger partial charge in [0.15, 0.2) is 0 Å². The van der Waals surface area contributed by atoms with E-state index < -0.39 is 5.97 Å². The van der Waals surface area contributed by atoms with Crippen LogP contribution < -0.4 is 0 Å². The number of carboxylic acids is 1. The van der Waals surface area contributed by atoms with Crippen molar-refractivity contribution < 1.29 is 9.90 Å². The fraction of sp³-hybridized carbons (Fsp3) is 0.167. The molecule has 6 nitrogen and oxygen atoms in total.